The summed E-state index contributed by atoms with van der Waals surface area (Å²) in [6, 6.07) is 16.5. The van der Waals surface area contributed by atoms with Crippen LogP contribution in [0.25, 0.3) is 0 Å². The number of methoxy groups -OCH3 is 1. The molecule has 0 spiro atoms. The van der Waals surface area contributed by atoms with Crippen molar-refractivity contribution in [2.45, 2.75) is 5.92 Å². The molecule has 7 nitrogen and oxygen atoms in total. The van der Waals surface area contributed by atoms with Gasteiger partial charge in [-0.05, 0) is 17.7 Å². The molecule has 0 unspecified atom stereocenters. The topological polar surface area (TPSA) is 108 Å². The zero-order valence-electron chi connectivity index (χ0n) is 16.4. The summed E-state index contributed by atoms with van der Waals surface area (Å²) in [5, 5.41) is 15.0. The third-order valence-corrected chi connectivity index (χ3v) is 5.66. The Morgan fingerprint density at radius 2 is 1.87 bits per heavy atom. The van der Waals surface area contributed by atoms with Gasteiger partial charge in [-0.25, -0.2) is 4.39 Å². The van der Waals surface area contributed by atoms with Crippen molar-refractivity contribution in [3.63, 3.8) is 0 Å². The predicted octanol–water partition coefficient (Wildman–Crippen LogP) is 2.94. The van der Waals surface area contributed by atoms with Gasteiger partial charge in [0.05, 0.1) is 35.2 Å². The van der Waals surface area contributed by atoms with E-state index in [0.29, 0.717) is 5.56 Å². The average Bonchev–Trinajstić information content (AvgIpc) is 2.78. The highest BCUT2D eigenvalue weighted by Gasteiger charge is 2.44. The second-order valence-electron chi connectivity index (χ2n) is 6.55. The molecule has 0 radical (unpaired) electrons. The largest absolute Gasteiger partial charge is 0.468 e. The van der Waals surface area contributed by atoms with E-state index in [1.54, 1.807) is 36.4 Å². The number of carbonyl (C=O) groups excluding carboxylic acids is 3. The van der Waals surface area contributed by atoms with E-state index in [0.717, 1.165) is 11.8 Å². The van der Waals surface area contributed by atoms with Crippen LogP contribution in [0.15, 0.2) is 65.2 Å². The van der Waals surface area contributed by atoms with Crippen molar-refractivity contribution in [3.8, 4) is 6.07 Å². The van der Waals surface area contributed by atoms with Crippen molar-refractivity contribution in [1.29, 1.82) is 5.26 Å². The van der Waals surface area contributed by atoms with Gasteiger partial charge < -0.3 is 15.4 Å². The van der Waals surface area contributed by atoms with Crippen LogP contribution in [-0.2, 0) is 19.1 Å². The van der Waals surface area contributed by atoms with Crippen LogP contribution >= 0.6 is 11.8 Å². The first-order chi connectivity index (χ1) is 15.0. The first kappa shape index (κ1) is 22.1. The van der Waals surface area contributed by atoms with E-state index in [9.17, 15) is 24.0 Å². The SMILES string of the molecule is COC(=O)[C@@H]1C(=O)NC(SCC(=O)Nc2ccccc2F)=C(C#N)[C@H]1c1ccccc1. The lowest BCUT2D eigenvalue weighted by atomic mass is 9.78. The number of amides is 2. The van der Waals surface area contributed by atoms with Crippen molar-refractivity contribution in [3.05, 3.63) is 76.6 Å². The van der Waals surface area contributed by atoms with E-state index in [1.165, 1.54) is 25.3 Å². The Morgan fingerprint density at radius 3 is 2.52 bits per heavy atom. The highest BCUT2D eigenvalue weighted by molar-refractivity contribution is 8.03. The lowest BCUT2D eigenvalue weighted by molar-refractivity contribution is -0.150. The molecule has 0 aromatic heterocycles. The standard InChI is InChI=1S/C22H18FN3O4S/c1-30-22(29)19-18(13-7-3-2-4-8-13)14(11-24)21(26-20(19)28)31-12-17(27)25-16-10-6-5-9-15(16)23/h2-10,18-19H,12H2,1H3,(H,25,27)(H,26,28)/t18-,19+/m1/s1. The number of esters is 1. The van der Waals surface area contributed by atoms with Crippen LogP contribution in [0.1, 0.15) is 11.5 Å². The summed E-state index contributed by atoms with van der Waals surface area (Å²) in [5.41, 5.74) is 0.770. The van der Waals surface area contributed by atoms with Crippen LogP contribution in [-0.4, -0.2) is 30.6 Å². The molecule has 0 aliphatic carbocycles. The van der Waals surface area contributed by atoms with Crippen molar-refractivity contribution in [1.82, 2.24) is 5.32 Å². The second kappa shape index (κ2) is 9.91. The number of nitrogens with one attached hydrogen (secondary N) is 2. The first-order valence-electron chi connectivity index (χ1n) is 9.21. The number of carbonyl (C=O) groups is 3. The van der Waals surface area contributed by atoms with Crippen LogP contribution in [0.3, 0.4) is 0 Å². The fourth-order valence-corrected chi connectivity index (χ4v) is 4.08. The molecule has 1 heterocycles. The van der Waals surface area contributed by atoms with E-state index in [-0.39, 0.29) is 22.0 Å². The van der Waals surface area contributed by atoms with E-state index in [1.807, 2.05) is 0 Å². The summed E-state index contributed by atoms with van der Waals surface area (Å²) in [4.78, 5) is 37.3. The number of nitrogens with zero attached hydrogens (tertiary/aromatic N) is 1. The van der Waals surface area contributed by atoms with Gasteiger partial charge in [-0.1, -0.05) is 54.2 Å². The fourth-order valence-electron chi connectivity index (χ4n) is 3.23. The molecule has 1 aliphatic heterocycles. The van der Waals surface area contributed by atoms with Gasteiger partial charge >= 0.3 is 5.97 Å². The summed E-state index contributed by atoms with van der Waals surface area (Å²) in [6.07, 6.45) is 0. The Hall–Kier alpha value is -3.64. The van der Waals surface area contributed by atoms with Crippen LogP contribution in [0.4, 0.5) is 10.1 Å². The van der Waals surface area contributed by atoms with Gasteiger partial charge in [0, 0.05) is 5.92 Å². The van der Waals surface area contributed by atoms with Gasteiger partial charge in [0.25, 0.3) is 0 Å². The summed E-state index contributed by atoms with van der Waals surface area (Å²) < 4.78 is 18.5. The van der Waals surface area contributed by atoms with Crippen molar-refractivity contribution in [2.75, 3.05) is 18.2 Å². The number of ether oxygens (including phenoxy) is 1. The molecule has 3 rings (SSSR count). The second-order valence-corrected chi connectivity index (χ2v) is 7.54. The van der Waals surface area contributed by atoms with Gasteiger partial charge in [-0.3, -0.25) is 14.4 Å². The van der Waals surface area contributed by atoms with Gasteiger partial charge in [0.1, 0.15) is 11.7 Å². The maximum atomic E-state index is 13.7. The predicted molar refractivity (Wildman–Crippen MR) is 113 cm³/mol. The lowest BCUT2D eigenvalue weighted by Crippen LogP contribution is -2.44. The molecule has 0 fully saturated rings. The van der Waals surface area contributed by atoms with Crippen molar-refractivity contribution in [2.24, 2.45) is 5.92 Å². The van der Waals surface area contributed by atoms with Gasteiger partial charge in [-0.15, -0.1) is 0 Å². The Kier molecular flexibility index (Phi) is 7.05. The van der Waals surface area contributed by atoms with E-state index < -0.39 is 35.4 Å². The maximum Gasteiger partial charge on any atom is 0.319 e. The van der Waals surface area contributed by atoms with Gasteiger partial charge in [0.15, 0.2) is 0 Å². The highest BCUT2D eigenvalue weighted by Crippen LogP contribution is 2.40. The molecule has 2 atom stereocenters. The van der Waals surface area contributed by atoms with Gasteiger partial charge in [-0.2, -0.15) is 5.26 Å². The molecular formula is C22H18FN3O4S. The first-order valence-corrected chi connectivity index (χ1v) is 10.2. The minimum atomic E-state index is -1.24. The number of hydrogen-bond acceptors (Lipinski definition) is 6. The highest BCUT2D eigenvalue weighted by atomic mass is 32.2. The Bertz CT molecular complexity index is 1080. The molecule has 158 valence electrons. The molecule has 31 heavy (non-hydrogen) atoms. The van der Waals surface area contributed by atoms with Crippen LogP contribution in [0, 0.1) is 23.1 Å². The molecule has 2 aromatic rings. The molecule has 9 heteroatoms. The smallest absolute Gasteiger partial charge is 0.319 e. The number of thioether (sulfide) groups is 1. The van der Waals surface area contributed by atoms with E-state index >= 15 is 0 Å². The molecule has 0 saturated heterocycles. The van der Waals surface area contributed by atoms with E-state index in [4.69, 9.17) is 4.74 Å². The van der Waals surface area contributed by atoms with Crippen molar-refractivity contribution >= 4 is 35.2 Å². The minimum Gasteiger partial charge on any atom is -0.468 e. The maximum absolute atomic E-state index is 13.7. The zero-order valence-corrected chi connectivity index (χ0v) is 17.2. The molecule has 1 aliphatic rings. The number of anilines is 1. The van der Waals surface area contributed by atoms with E-state index in [2.05, 4.69) is 16.7 Å². The number of allylic oxidation sites excluding steroid dienone is 1. The summed E-state index contributed by atoms with van der Waals surface area (Å²) in [6.45, 7) is 0. The summed E-state index contributed by atoms with van der Waals surface area (Å²) >= 11 is 0.925. The Balaban J connectivity index is 1.87. The number of halogens is 1. The van der Waals surface area contributed by atoms with Gasteiger partial charge in [0.2, 0.25) is 11.8 Å². The van der Waals surface area contributed by atoms with Crippen LogP contribution in [0.5, 0.6) is 0 Å². The summed E-state index contributed by atoms with van der Waals surface area (Å²) in [7, 11) is 1.17. The van der Waals surface area contributed by atoms with Crippen LogP contribution in [0.2, 0.25) is 0 Å². The third kappa shape index (κ3) is 4.92. The van der Waals surface area contributed by atoms with Crippen molar-refractivity contribution < 1.29 is 23.5 Å². The number of nitriles is 1. The molecule has 0 saturated carbocycles. The number of para-hydroxylation sites is 1. The fraction of sp³-hybridized carbons (Fsp3) is 0.182. The average molecular weight is 439 g/mol. The number of rotatable bonds is 6. The molecule has 0 bridgehead atoms. The van der Waals surface area contributed by atoms with Crippen LogP contribution < -0.4 is 10.6 Å². The zero-order chi connectivity index (χ0) is 22.4. The lowest BCUT2D eigenvalue weighted by Gasteiger charge is -2.30. The minimum absolute atomic E-state index is 0.0307. The number of hydrogen-bond donors (Lipinski definition) is 2. The molecule has 2 amide bonds. The third-order valence-electron chi connectivity index (χ3n) is 4.64. The quantitative estimate of drug-likeness (QED) is 0.529. The molecule has 2 aromatic carbocycles. The summed E-state index contributed by atoms with van der Waals surface area (Å²) in [5.74, 6) is -4.76. The normalized spacial score (nSPS) is 18.0. The molecule has 2 N–H and O–H groups in total. The monoisotopic (exact) mass is 439 g/mol. The Labute approximate surface area is 182 Å². The Morgan fingerprint density at radius 1 is 1.19 bits per heavy atom. The number of benzene rings is 2. The molecular weight excluding hydrogens is 421 g/mol.